The van der Waals surface area contributed by atoms with Gasteiger partial charge in [0.15, 0.2) is 4.34 Å². The van der Waals surface area contributed by atoms with Gasteiger partial charge in [-0.05, 0) is 44.4 Å². The van der Waals surface area contributed by atoms with Gasteiger partial charge in [-0.25, -0.2) is 0 Å². The maximum absolute atomic E-state index is 12.1. The van der Waals surface area contributed by atoms with Crippen LogP contribution in [-0.2, 0) is 9.53 Å². The summed E-state index contributed by atoms with van der Waals surface area (Å²) in [4.78, 5) is 12.1. The third kappa shape index (κ3) is 5.60. The molecule has 1 aliphatic heterocycles. The Balaban J connectivity index is 1.34. The highest BCUT2D eigenvalue weighted by Gasteiger charge is 2.20. The minimum atomic E-state index is 0.101. The Kier molecular flexibility index (Phi) is 6.74. The number of anilines is 1. The van der Waals surface area contributed by atoms with Crippen LogP contribution < -0.4 is 10.6 Å². The van der Waals surface area contributed by atoms with Crippen LogP contribution in [0.3, 0.4) is 0 Å². The molecule has 8 heteroatoms. The van der Waals surface area contributed by atoms with E-state index in [0.717, 1.165) is 54.2 Å². The molecule has 0 spiro atoms. The van der Waals surface area contributed by atoms with E-state index in [1.54, 1.807) is 0 Å². The number of aromatic nitrogens is 2. The van der Waals surface area contributed by atoms with Gasteiger partial charge in [-0.1, -0.05) is 30.0 Å². The first kappa shape index (κ1) is 17.9. The molecule has 1 aliphatic carbocycles. The molecule has 0 bridgehead atoms. The average molecular weight is 371 g/mol. The average Bonchev–Trinajstić information content (AvgIpc) is 3.25. The maximum atomic E-state index is 12.1. The van der Waals surface area contributed by atoms with Gasteiger partial charge in [0.05, 0.1) is 11.9 Å². The van der Waals surface area contributed by atoms with Crippen molar-refractivity contribution in [2.75, 3.05) is 24.2 Å². The van der Waals surface area contributed by atoms with E-state index in [-0.39, 0.29) is 12.0 Å². The number of thioether (sulfide) groups is 1. The summed E-state index contributed by atoms with van der Waals surface area (Å²) in [5.41, 5.74) is 0. The first-order chi connectivity index (χ1) is 11.7. The number of rotatable bonds is 7. The molecule has 1 aromatic heterocycles. The second kappa shape index (κ2) is 9.01. The lowest BCUT2D eigenvalue weighted by molar-refractivity contribution is -0.119. The molecular formula is C16H26N4O2S2. The summed E-state index contributed by atoms with van der Waals surface area (Å²) >= 11 is 2.96. The van der Waals surface area contributed by atoms with Crippen molar-refractivity contribution in [2.24, 2.45) is 5.92 Å². The Bertz CT molecular complexity index is 526. The molecular weight excluding hydrogens is 344 g/mol. The number of amides is 1. The highest BCUT2D eigenvalue weighted by molar-refractivity contribution is 8.01. The highest BCUT2D eigenvalue weighted by Crippen LogP contribution is 2.26. The number of carbonyl (C=O) groups is 1. The van der Waals surface area contributed by atoms with Gasteiger partial charge in [0, 0.05) is 19.2 Å². The van der Waals surface area contributed by atoms with Crippen LogP contribution in [0.1, 0.15) is 45.4 Å². The topological polar surface area (TPSA) is 76.1 Å². The molecule has 2 aliphatic rings. The molecule has 2 heterocycles. The molecule has 1 saturated carbocycles. The minimum absolute atomic E-state index is 0.101. The van der Waals surface area contributed by atoms with Crippen LogP contribution in [0.5, 0.6) is 0 Å². The highest BCUT2D eigenvalue weighted by atomic mass is 32.2. The first-order valence-electron chi connectivity index (χ1n) is 8.80. The molecule has 134 valence electrons. The molecule has 1 aromatic rings. The zero-order valence-corrected chi connectivity index (χ0v) is 15.8. The van der Waals surface area contributed by atoms with Crippen LogP contribution in [0.4, 0.5) is 5.13 Å². The number of nitrogens with zero attached hydrogens (tertiary/aromatic N) is 2. The molecule has 2 N–H and O–H groups in total. The van der Waals surface area contributed by atoms with Gasteiger partial charge in [-0.2, -0.15) is 0 Å². The Labute approximate surface area is 151 Å². The van der Waals surface area contributed by atoms with Gasteiger partial charge in [0.1, 0.15) is 0 Å². The second-order valence-corrected chi connectivity index (χ2v) is 8.90. The van der Waals surface area contributed by atoms with E-state index in [1.165, 1.54) is 35.9 Å². The monoisotopic (exact) mass is 370 g/mol. The standard InChI is InChI=1S/C16H26N4O2S2/c1-11-4-6-12(7-5-11)18-14(21)10-23-16-20-19-15(24-16)17-9-13-3-2-8-22-13/h11-13H,2-10H2,1H3,(H,17,19)(H,18,21). The summed E-state index contributed by atoms with van der Waals surface area (Å²) in [6, 6.07) is 0.354. The van der Waals surface area contributed by atoms with Crippen molar-refractivity contribution < 1.29 is 9.53 Å². The van der Waals surface area contributed by atoms with E-state index in [1.807, 2.05) is 0 Å². The normalized spacial score (nSPS) is 27.1. The van der Waals surface area contributed by atoms with Crippen molar-refractivity contribution in [1.82, 2.24) is 15.5 Å². The summed E-state index contributed by atoms with van der Waals surface area (Å²) in [7, 11) is 0. The molecule has 3 rings (SSSR count). The zero-order valence-electron chi connectivity index (χ0n) is 14.1. The number of nitrogens with one attached hydrogen (secondary N) is 2. The molecule has 0 radical (unpaired) electrons. The van der Waals surface area contributed by atoms with E-state index < -0.39 is 0 Å². The Morgan fingerprint density at radius 1 is 1.29 bits per heavy atom. The van der Waals surface area contributed by atoms with Gasteiger partial charge >= 0.3 is 0 Å². The summed E-state index contributed by atoms with van der Waals surface area (Å²) < 4.78 is 6.41. The van der Waals surface area contributed by atoms with Crippen molar-refractivity contribution in [3.05, 3.63) is 0 Å². The van der Waals surface area contributed by atoms with E-state index >= 15 is 0 Å². The van der Waals surface area contributed by atoms with Crippen molar-refractivity contribution in [2.45, 2.75) is 61.9 Å². The third-order valence-corrected chi connectivity index (χ3v) is 6.63. The smallest absolute Gasteiger partial charge is 0.230 e. The molecule has 24 heavy (non-hydrogen) atoms. The lowest BCUT2D eigenvalue weighted by Gasteiger charge is -2.26. The van der Waals surface area contributed by atoms with Gasteiger partial charge < -0.3 is 15.4 Å². The molecule has 6 nitrogen and oxygen atoms in total. The van der Waals surface area contributed by atoms with E-state index in [2.05, 4.69) is 27.8 Å². The Morgan fingerprint density at radius 2 is 2.12 bits per heavy atom. The summed E-state index contributed by atoms with van der Waals surface area (Å²) in [6.45, 7) is 3.92. The Hall–Kier alpha value is -0.860. The van der Waals surface area contributed by atoms with Crippen LogP contribution in [0.2, 0.25) is 0 Å². The van der Waals surface area contributed by atoms with E-state index in [0.29, 0.717) is 11.8 Å². The SMILES string of the molecule is CC1CCC(NC(=O)CSc2nnc(NCC3CCCO3)s2)CC1. The molecule has 1 atom stereocenters. The quantitative estimate of drug-likeness (QED) is 0.719. The van der Waals surface area contributed by atoms with Crippen molar-refractivity contribution in [1.29, 1.82) is 0 Å². The van der Waals surface area contributed by atoms with Gasteiger partial charge in [0.2, 0.25) is 11.0 Å². The Morgan fingerprint density at radius 3 is 2.88 bits per heavy atom. The lowest BCUT2D eigenvalue weighted by atomic mass is 9.87. The number of carbonyl (C=O) groups excluding carboxylic acids is 1. The maximum Gasteiger partial charge on any atom is 0.230 e. The third-order valence-electron chi connectivity index (χ3n) is 4.62. The fourth-order valence-electron chi connectivity index (χ4n) is 3.15. The first-order valence-corrected chi connectivity index (χ1v) is 10.6. The fraction of sp³-hybridized carbons (Fsp3) is 0.812. The van der Waals surface area contributed by atoms with Crippen LogP contribution in [-0.4, -0.2) is 47.2 Å². The summed E-state index contributed by atoms with van der Waals surface area (Å²) in [5.74, 6) is 1.31. The molecule has 1 saturated heterocycles. The van der Waals surface area contributed by atoms with E-state index in [4.69, 9.17) is 4.74 Å². The van der Waals surface area contributed by atoms with Crippen molar-refractivity contribution in [3.8, 4) is 0 Å². The van der Waals surface area contributed by atoms with Gasteiger partial charge in [-0.3, -0.25) is 4.79 Å². The number of ether oxygens (including phenoxy) is 1. The molecule has 1 amide bonds. The predicted octanol–water partition coefficient (Wildman–Crippen LogP) is 2.92. The lowest BCUT2D eigenvalue weighted by Crippen LogP contribution is -2.38. The summed E-state index contributed by atoms with van der Waals surface area (Å²) in [6.07, 6.45) is 7.17. The largest absolute Gasteiger partial charge is 0.376 e. The van der Waals surface area contributed by atoms with Crippen LogP contribution >= 0.6 is 23.1 Å². The molecule has 1 unspecified atom stereocenters. The van der Waals surface area contributed by atoms with Gasteiger partial charge in [0.25, 0.3) is 0 Å². The predicted molar refractivity (Wildman–Crippen MR) is 97.7 cm³/mol. The number of hydrogen-bond donors (Lipinski definition) is 2. The summed E-state index contributed by atoms with van der Waals surface area (Å²) in [5, 5.41) is 15.5. The van der Waals surface area contributed by atoms with Crippen LogP contribution in [0.15, 0.2) is 4.34 Å². The van der Waals surface area contributed by atoms with Crippen molar-refractivity contribution in [3.63, 3.8) is 0 Å². The fourth-order valence-corrected chi connectivity index (χ4v) is 4.72. The molecule has 0 aromatic carbocycles. The van der Waals surface area contributed by atoms with Crippen molar-refractivity contribution >= 4 is 34.1 Å². The van der Waals surface area contributed by atoms with Crippen LogP contribution in [0.25, 0.3) is 0 Å². The molecule has 2 fully saturated rings. The second-order valence-electron chi connectivity index (χ2n) is 6.70. The number of hydrogen-bond acceptors (Lipinski definition) is 7. The minimum Gasteiger partial charge on any atom is -0.376 e. The van der Waals surface area contributed by atoms with Crippen LogP contribution in [0, 0.1) is 5.92 Å². The van der Waals surface area contributed by atoms with E-state index in [9.17, 15) is 4.79 Å². The van der Waals surface area contributed by atoms with Gasteiger partial charge in [-0.15, -0.1) is 10.2 Å². The zero-order chi connectivity index (χ0) is 16.8.